The van der Waals surface area contributed by atoms with E-state index in [1.54, 1.807) is 7.11 Å². The molecular formula is C17H15BrO5. The Labute approximate surface area is 141 Å². The summed E-state index contributed by atoms with van der Waals surface area (Å²) in [4.78, 5) is 24.6. The first-order valence-electron chi connectivity index (χ1n) is 7.49. The maximum atomic E-state index is 12.3. The number of benzene rings is 1. The molecule has 1 aromatic heterocycles. The highest BCUT2D eigenvalue weighted by Crippen LogP contribution is 2.52. The van der Waals surface area contributed by atoms with Crippen LogP contribution in [-0.2, 0) is 16.0 Å². The van der Waals surface area contributed by atoms with Crippen molar-refractivity contribution in [2.75, 3.05) is 14.2 Å². The monoisotopic (exact) mass is 378 g/mol. The fourth-order valence-corrected chi connectivity index (χ4v) is 4.49. The van der Waals surface area contributed by atoms with Crippen LogP contribution in [0.2, 0.25) is 0 Å². The molecule has 0 spiro atoms. The molecule has 0 unspecified atom stereocenters. The molecule has 2 atom stereocenters. The number of hydrogen-bond acceptors (Lipinski definition) is 5. The van der Waals surface area contributed by atoms with E-state index in [2.05, 4.69) is 15.9 Å². The number of furan rings is 1. The fourth-order valence-electron chi connectivity index (χ4n) is 3.92. The van der Waals surface area contributed by atoms with Gasteiger partial charge in [0.15, 0.2) is 22.9 Å². The van der Waals surface area contributed by atoms with Crippen LogP contribution in [0.5, 0.6) is 5.75 Å². The Morgan fingerprint density at radius 2 is 2.17 bits per heavy atom. The Morgan fingerprint density at radius 3 is 2.87 bits per heavy atom. The molecule has 0 radical (unpaired) electrons. The van der Waals surface area contributed by atoms with Gasteiger partial charge < -0.3 is 13.9 Å². The molecule has 4 rings (SSSR count). The maximum absolute atomic E-state index is 12.3. The Morgan fingerprint density at radius 1 is 1.39 bits per heavy atom. The van der Waals surface area contributed by atoms with Crippen molar-refractivity contribution in [3.05, 3.63) is 27.4 Å². The van der Waals surface area contributed by atoms with Crippen LogP contribution < -0.4 is 4.74 Å². The highest BCUT2D eigenvalue weighted by atomic mass is 79.9. The van der Waals surface area contributed by atoms with Gasteiger partial charge in [-0.05, 0) is 24.5 Å². The number of ether oxygens (including phenoxy) is 2. The molecule has 0 fully saturated rings. The van der Waals surface area contributed by atoms with E-state index in [9.17, 15) is 9.59 Å². The number of esters is 1. The van der Waals surface area contributed by atoms with Gasteiger partial charge in [-0.15, -0.1) is 0 Å². The molecule has 0 saturated carbocycles. The van der Waals surface area contributed by atoms with E-state index < -0.39 is 0 Å². The molecule has 5 nitrogen and oxygen atoms in total. The SMILES string of the molecule is COC(=O)[C@H]1Cc2c(Br)cc(OC)c3oc4c(c23)[C@@H]1CCC4=O. The second kappa shape index (κ2) is 5.09. The normalized spacial score (nSPS) is 22.3. The van der Waals surface area contributed by atoms with Crippen molar-refractivity contribution in [2.24, 2.45) is 5.92 Å². The summed E-state index contributed by atoms with van der Waals surface area (Å²) < 4.78 is 17.1. The second-order valence-electron chi connectivity index (χ2n) is 5.99. The maximum Gasteiger partial charge on any atom is 0.309 e. The first-order chi connectivity index (χ1) is 11.1. The minimum atomic E-state index is -0.287. The van der Waals surface area contributed by atoms with Gasteiger partial charge in [0.2, 0.25) is 0 Å². The summed E-state index contributed by atoms with van der Waals surface area (Å²) in [5, 5.41) is 0.921. The van der Waals surface area contributed by atoms with E-state index >= 15 is 0 Å². The highest BCUT2D eigenvalue weighted by Gasteiger charge is 2.44. The van der Waals surface area contributed by atoms with Gasteiger partial charge in [-0.3, -0.25) is 9.59 Å². The number of carbonyl (C=O) groups is 2. The molecule has 0 bridgehead atoms. The number of rotatable bonds is 2. The smallest absolute Gasteiger partial charge is 0.309 e. The van der Waals surface area contributed by atoms with Crippen LogP contribution in [0.4, 0.5) is 0 Å². The van der Waals surface area contributed by atoms with E-state index in [1.807, 2.05) is 6.07 Å². The molecule has 1 heterocycles. The van der Waals surface area contributed by atoms with Gasteiger partial charge >= 0.3 is 5.97 Å². The molecule has 120 valence electrons. The summed E-state index contributed by atoms with van der Waals surface area (Å²) in [6.07, 6.45) is 1.61. The van der Waals surface area contributed by atoms with Crippen LogP contribution in [0.1, 0.15) is 40.4 Å². The van der Waals surface area contributed by atoms with Crippen molar-refractivity contribution in [3.63, 3.8) is 0 Å². The number of carbonyl (C=O) groups excluding carboxylic acids is 2. The minimum absolute atomic E-state index is 0.0120. The van der Waals surface area contributed by atoms with Gasteiger partial charge in [-0.1, -0.05) is 15.9 Å². The second-order valence-corrected chi connectivity index (χ2v) is 6.84. The molecule has 0 N–H and O–H groups in total. The number of halogens is 1. The molecule has 6 heteroatoms. The summed E-state index contributed by atoms with van der Waals surface area (Å²) in [6.45, 7) is 0. The molecule has 0 amide bonds. The summed E-state index contributed by atoms with van der Waals surface area (Å²) in [7, 11) is 2.98. The van der Waals surface area contributed by atoms with Crippen molar-refractivity contribution >= 4 is 38.7 Å². The quantitative estimate of drug-likeness (QED) is 0.746. The largest absolute Gasteiger partial charge is 0.493 e. The van der Waals surface area contributed by atoms with Gasteiger partial charge in [0.1, 0.15) is 0 Å². The molecule has 0 aliphatic heterocycles. The van der Waals surface area contributed by atoms with Gasteiger partial charge in [0, 0.05) is 27.8 Å². The van der Waals surface area contributed by atoms with Crippen LogP contribution in [0, 0.1) is 5.92 Å². The van der Waals surface area contributed by atoms with Gasteiger partial charge in [-0.25, -0.2) is 0 Å². The van der Waals surface area contributed by atoms with Crippen LogP contribution >= 0.6 is 15.9 Å². The minimum Gasteiger partial charge on any atom is -0.493 e. The number of Topliss-reactive ketones (excluding diaryl/α,β-unsaturated/α-hetero) is 1. The summed E-state index contributed by atoms with van der Waals surface area (Å²) in [5.41, 5.74) is 2.43. The third-order valence-corrected chi connectivity index (χ3v) is 5.66. The van der Waals surface area contributed by atoms with Crippen molar-refractivity contribution in [1.82, 2.24) is 0 Å². The lowest BCUT2D eigenvalue weighted by Crippen LogP contribution is -2.32. The lowest BCUT2D eigenvalue weighted by atomic mass is 9.70. The van der Waals surface area contributed by atoms with E-state index in [0.29, 0.717) is 36.4 Å². The Balaban J connectivity index is 2.06. The predicted molar refractivity (Wildman–Crippen MR) is 86.0 cm³/mol. The van der Waals surface area contributed by atoms with Crippen molar-refractivity contribution in [2.45, 2.75) is 25.2 Å². The predicted octanol–water partition coefficient (Wildman–Crippen LogP) is 3.61. The number of methoxy groups -OCH3 is 2. The van der Waals surface area contributed by atoms with E-state index in [4.69, 9.17) is 13.9 Å². The Hall–Kier alpha value is -1.82. The zero-order valence-electron chi connectivity index (χ0n) is 12.8. The third kappa shape index (κ3) is 1.90. The topological polar surface area (TPSA) is 65.7 Å². The average Bonchev–Trinajstić information content (AvgIpc) is 2.97. The first kappa shape index (κ1) is 14.8. The van der Waals surface area contributed by atoms with E-state index in [-0.39, 0.29) is 23.6 Å². The summed E-state index contributed by atoms with van der Waals surface area (Å²) >= 11 is 3.56. The van der Waals surface area contributed by atoms with E-state index in [1.165, 1.54) is 7.11 Å². The zero-order valence-corrected chi connectivity index (χ0v) is 14.4. The first-order valence-corrected chi connectivity index (χ1v) is 8.28. The molecule has 1 aromatic carbocycles. The van der Waals surface area contributed by atoms with Crippen molar-refractivity contribution in [3.8, 4) is 5.75 Å². The van der Waals surface area contributed by atoms with Crippen LogP contribution in [0.3, 0.4) is 0 Å². The molecule has 2 aliphatic carbocycles. The lowest BCUT2D eigenvalue weighted by Gasteiger charge is -2.32. The van der Waals surface area contributed by atoms with Gasteiger partial charge in [0.25, 0.3) is 0 Å². The van der Waals surface area contributed by atoms with Gasteiger partial charge in [-0.2, -0.15) is 0 Å². The number of hydrogen-bond donors (Lipinski definition) is 0. The molecule has 23 heavy (non-hydrogen) atoms. The Kier molecular flexibility index (Phi) is 3.27. The average molecular weight is 379 g/mol. The van der Waals surface area contributed by atoms with E-state index in [0.717, 1.165) is 21.0 Å². The highest BCUT2D eigenvalue weighted by molar-refractivity contribution is 9.10. The zero-order chi connectivity index (χ0) is 16.3. The van der Waals surface area contributed by atoms with Crippen LogP contribution in [0.25, 0.3) is 11.0 Å². The summed E-state index contributed by atoms with van der Waals surface area (Å²) in [6, 6.07) is 1.83. The van der Waals surface area contributed by atoms with Crippen LogP contribution in [0.15, 0.2) is 15.0 Å². The molecular weight excluding hydrogens is 364 g/mol. The standard InChI is InChI=1S/C17H15BrO5/c1-21-12-6-10(18)9-5-8(17(20)22-2)7-3-4-11(19)15-13(7)14(9)16(12)23-15/h6-8H,3-5H2,1-2H3/t7-,8+/m1/s1. The molecule has 2 aliphatic rings. The van der Waals surface area contributed by atoms with Gasteiger partial charge in [0.05, 0.1) is 20.1 Å². The van der Waals surface area contributed by atoms with Crippen molar-refractivity contribution in [1.29, 1.82) is 0 Å². The molecule has 0 saturated heterocycles. The Bertz CT molecular complexity index is 851. The third-order valence-electron chi connectivity index (χ3n) is 4.96. The van der Waals surface area contributed by atoms with Crippen molar-refractivity contribution < 1.29 is 23.5 Å². The molecule has 2 aromatic rings. The fraction of sp³-hybridized carbons (Fsp3) is 0.412. The lowest BCUT2D eigenvalue weighted by molar-refractivity contribution is -0.146. The van der Waals surface area contributed by atoms with Crippen LogP contribution in [-0.4, -0.2) is 26.0 Å². The summed E-state index contributed by atoms with van der Waals surface area (Å²) in [5.74, 6) is 0.392. The number of ketones is 1.